The predicted molar refractivity (Wildman–Crippen MR) is 39.5 cm³/mol. The van der Waals surface area contributed by atoms with E-state index in [1.165, 1.54) is 32.1 Å². The number of rotatable bonds is 2. The summed E-state index contributed by atoms with van der Waals surface area (Å²) < 4.78 is 0. The predicted octanol–water partition coefficient (Wildman–Crippen LogP) is 1.94. The van der Waals surface area contributed by atoms with Crippen LogP contribution in [-0.2, 0) is 0 Å². The third-order valence-corrected chi connectivity index (χ3v) is 2.02. The van der Waals surface area contributed by atoms with Gasteiger partial charge >= 0.3 is 0 Å². The fourth-order valence-corrected chi connectivity index (χ4v) is 1.52. The van der Waals surface area contributed by atoms with Crippen molar-refractivity contribution in [3.63, 3.8) is 0 Å². The maximum Gasteiger partial charge on any atom is 0.0245 e. The van der Waals surface area contributed by atoms with Crippen LogP contribution in [0, 0.1) is 0 Å². The van der Waals surface area contributed by atoms with E-state index < -0.39 is 0 Å². The quantitative estimate of drug-likeness (QED) is 0.537. The lowest BCUT2D eigenvalue weighted by atomic mass is 9.96. The molecule has 0 N–H and O–H groups in total. The van der Waals surface area contributed by atoms with E-state index in [0.29, 0.717) is 0 Å². The average Bonchev–Trinajstić information content (AvgIpc) is 1.91. The zero-order chi connectivity index (χ0) is 6.53. The van der Waals surface area contributed by atoms with Crippen LogP contribution >= 0.6 is 0 Å². The molecule has 1 saturated carbocycles. The van der Waals surface area contributed by atoms with E-state index in [2.05, 4.69) is 12.2 Å². The smallest absolute Gasteiger partial charge is 0.0245 e. The summed E-state index contributed by atoms with van der Waals surface area (Å²) in [6, 6.07) is 0.726. The first-order valence-corrected chi connectivity index (χ1v) is 4.10. The van der Waals surface area contributed by atoms with Gasteiger partial charge in [-0.25, -0.2) is 5.32 Å². The molecule has 1 radical (unpaired) electrons. The lowest BCUT2D eigenvalue weighted by molar-refractivity contribution is 0.374. The van der Waals surface area contributed by atoms with Crippen LogP contribution in [0.2, 0.25) is 0 Å². The molecule has 1 nitrogen and oxygen atoms in total. The Kier molecular flexibility index (Phi) is 3.05. The van der Waals surface area contributed by atoms with Crippen LogP contribution in [0.1, 0.15) is 39.0 Å². The molecule has 1 heteroatoms. The second-order valence-electron chi connectivity index (χ2n) is 2.79. The molecule has 53 valence electrons. The second kappa shape index (κ2) is 3.89. The minimum absolute atomic E-state index is 0.726. The fraction of sp³-hybridized carbons (Fsp3) is 1.00. The highest BCUT2D eigenvalue weighted by Gasteiger charge is 2.11. The van der Waals surface area contributed by atoms with Gasteiger partial charge < -0.3 is 0 Å². The first kappa shape index (κ1) is 7.07. The number of hydrogen-bond donors (Lipinski definition) is 0. The van der Waals surface area contributed by atoms with Crippen LogP contribution in [0.3, 0.4) is 0 Å². The van der Waals surface area contributed by atoms with Crippen molar-refractivity contribution in [2.45, 2.75) is 45.1 Å². The largest absolute Gasteiger partial charge is 0.239 e. The summed E-state index contributed by atoms with van der Waals surface area (Å²) in [6.45, 7) is 3.15. The molecule has 0 amide bonds. The van der Waals surface area contributed by atoms with Crippen molar-refractivity contribution in [2.75, 3.05) is 6.54 Å². The van der Waals surface area contributed by atoms with E-state index in [0.717, 1.165) is 12.6 Å². The highest BCUT2D eigenvalue weighted by atomic mass is 14.9. The molecule has 1 fully saturated rings. The Morgan fingerprint density at radius 3 is 2.44 bits per heavy atom. The zero-order valence-corrected chi connectivity index (χ0v) is 6.27. The summed E-state index contributed by atoms with van der Waals surface area (Å²) in [7, 11) is 0. The average molecular weight is 126 g/mol. The Morgan fingerprint density at radius 1 is 1.22 bits per heavy atom. The van der Waals surface area contributed by atoms with Crippen molar-refractivity contribution in [3.05, 3.63) is 0 Å². The summed E-state index contributed by atoms with van der Waals surface area (Å²) in [4.78, 5) is 0. The first-order chi connectivity index (χ1) is 4.43. The summed E-state index contributed by atoms with van der Waals surface area (Å²) >= 11 is 0. The molecule has 0 saturated heterocycles. The molecule has 0 aromatic carbocycles. The lowest BCUT2D eigenvalue weighted by Gasteiger charge is -2.20. The van der Waals surface area contributed by atoms with Gasteiger partial charge in [0.1, 0.15) is 0 Å². The molecule has 0 unspecified atom stereocenters. The van der Waals surface area contributed by atoms with Crippen molar-refractivity contribution in [1.29, 1.82) is 0 Å². The van der Waals surface area contributed by atoms with Gasteiger partial charge in [-0.05, 0) is 12.8 Å². The van der Waals surface area contributed by atoms with Gasteiger partial charge in [-0.2, -0.15) is 0 Å². The third kappa shape index (κ3) is 2.35. The molecule has 0 atom stereocenters. The summed E-state index contributed by atoms with van der Waals surface area (Å²) in [5.74, 6) is 0. The van der Waals surface area contributed by atoms with Gasteiger partial charge in [-0.1, -0.05) is 26.2 Å². The SMILES string of the molecule is CC[N]C1CCCCC1. The van der Waals surface area contributed by atoms with E-state index in [-0.39, 0.29) is 0 Å². The summed E-state index contributed by atoms with van der Waals surface area (Å²) in [6.07, 6.45) is 6.97. The summed E-state index contributed by atoms with van der Waals surface area (Å²) in [5.41, 5.74) is 0. The van der Waals surface area contributed by atoms with Crippen LogP contribution in [-0.4, -0.2) is 12.6 Å². The van der Waals surface area contributed by atoms with E-state index in [9.17, 15) is 0 Å². The minimum Gasteiger partial charge on any atom is -0.239 e. The molecular weight excluding hydrogens is 110 g/mol. The fourth-order valence-electron chi connectivity index (χ4n) is 1.52. The third-order valence-electron chi connectivity index (χ3n) is 2.02. The Hall–Kier alpha value is -0.0400. The maximum absolute atomic E-state index is 4.48. The van der Waals surface area contributed by atoms with E-state index >= 15 is 0 Å². The summed E-state index contributed by atoms with van der Waals surface area (Å²) in [5, 5.41) is 4.48. The lowest BCUT2D eigenvalue weighted by Crippen LogP contribution is -2.24. The molecule has 0 aromatic heterocycles. The van der Waals surface area contributed by atoms with Gasteiger partial charge in [0, 0.05) is 12.6 Å². The van der Waals surface area contributed by atoms with Crippen LogP contribution < -0.4 is 5.32 Å². The van der Waals surface area contributed by atoms with Gasteiger partial charge in [0.25, 0.3) is 0 Å². The van der Waals surface area contributed by atoms with Gasteiger partial charge in [0.15, 0.2) is 0 Å². The van der Waals surface area contributed by atoms with Gasteiger partial charge in [-0.15, -0.1) is 0 Å². The van der Waals surface area contributed by atoms with Crippen molar-refractivity contribution in [3.8, 4) is 0 Å². The van der Waals surface area contributed by atoms with Gasteiger partial charge in [-0.3, -0.25) is 0 Å². The Morgan fingerprint density at radius 2 is 1.89 bits per heavy atom. The monoisotopic (exact) mass is 126 g/mol. The van der Waals surface area contributed by atoms with Crippen molar-refractivity contribution >= 4 is 0 Å². The molecule has 9 heavy (non-hydrogen) atoms. The second-order valence-corrected chi connectivity index (χ2v) is 2.79. The Labute approximate surface area is 57.8 Å². The highest BCUT2D eigenvalue weighted by Crippen LogP contribution is 2.17. The number of hydrogen-bond acceptors (Lipinski definition) is 0. The standard InChI is InChI=1S/C8H16N/c1-2-9-8-6-4-3-5-7-8/h8H,2-7H2,1H3. The van der Waals surface area contributed by atoms with E-state index in [4.69, 9.17) is 0 Å². The normalized spacial score (nSPS) is 22.3. The molecule has 0 spiro atoms. The Bertz CT molecular complexity index is 62.2. The molecular formula is C8H16N. The van der Waals surface area contributed by atoms with Gasteiger partial charge in [0.2, 0.25) is 0 Å². The van der Waals surface area contributed by atoms with Crippen LogP contribution in [0.4, 0.5) is 0 Å². The number of nitrogens with zero attached hydrogens (tertiary/aromatic N) is 1. The Balaban J connectivity index is 2.08. The molecule has 0 bridgehead atoms. The van der Waals surface area contributed by atoms with E-state index in [1.807, 2.05) is 0 Å². The maximum atomic E-state index is 4.48. The van der Waals surface area contributed by atoms with Crippen molar-refractivity contribution < 1.29 is 0 Å². The topological polar surface area (TPSA) is 14.1 Å². The van der Waals surface area contributed by atoms with Gasteiger partial charge in [0.05, 0.1) is 0 Å². The molecule has 0 aromatic rings. The molecule has 1 rings (SSSR count). The first-order valence-electron chi connectivity index (χ1n) is 4.10. The van der Waals surface area contributed by atoms with Crippen LogP contribution in [0.5, 0.6) is 0 Å². The van der Waals surface area contributed by atoms with E-state index in [1.54, 1.807) is 0 Å². The van der Waals surface area contributed by atoms with Crippen molar-refractivity contribution in [1.82, 2.24) is 5.32 Å². The van der Waals surface area contributed by atoms with Crippen LogP contribution in [0.15, 0.2) is 0 Å². The molecule has 0 heterocycles. The highest BCUT2D eigenvalue weighted by molar-refractivity contribution is 4.69. The molecule has 0 aliphatic heterocycles. The zero-order valence-electron chi connectivity index (χ0n) is 6.27. The van der Waals surface area contributed by atoms with Crippen LogP contribution in [0.25, 0.3) is 0 Å². The minimum atomic E-state index is 0.726. The molecule has 1 aliphatic rings. The molecule has 1 aliphatic carbocycles. The van der Waals surface area contributed by atoms with Crippen molar-refractivity contribution in [2.24, 2.45) is 0 Å².